The molecule has 7 heteroatoms. The van der Waals surface area contributed by atoms with Crippen LogP contribution in [0.3, 0.4) is 0 Å². The van der Waals surface area contributed by atoms with Crippen molar-refractivity contribution in [3.05, 3.63) is 18.0 Å². The summed E-state index contributed by atoms with van der Waals surface area (Å²) in [5.74, 6) is 0. The molecule has 0 aliphatic rings. The molecule has 1 aromatic rings. The molecule has 1 aromatic heterocycles. The lowest BCUT2D eigenvalue weighted by atomic mass is 10.3. The van der Waals surface area contributed by atoms with Gasteiger partial charge in [0.15, 0.2) is 0 Å². The number of aromatic nitrogens is 2. The Morgan fingerprint density at radius 2 is 2.27 bits per heavy atom. The number of rotatable bonds is 4. The van der Waals surface area contributed by atoms with Crippen molar-refractivity contribution in [2.24, 2.45) is 0 Å². The first kappa shape index (κ1) is 12.0. The largest absolute Gasteiger partial charge is 0.419 e. The minimum Gasteiger partial charge on any atom is -0.389 e. The summed E-state index contributed by atoms with van der Waals surface area (Å²) in [6.45, 7) is 0.0329. The first-order valence-corrected chi connectivity index (χ1v) is 4.20. The number of halogens is 3. The number of ether oxygens (including phenoxy) is 1. The molecule has 15 heavy (non-hydrogen) atoms. The van der Waals surface area contributed by atoms with E-state index >= 15 is 0 Å². The standard InChI is InChI=1S/C8H11F3N2O2/c1-15-5-7(14)4-13-3-6(2-12-13)8(9,10)11/h2-3,7,14H,4-5H2,1H3. The van der Waals surface area contributed by atoms with E-state index in [2.05, 4.69) is 9.84 Å². The summed E-state index contributed by atoms with van der Waals surface area (Å²) >= 11 is 0. The van der Waals surface area contributed by atoms with Gasteiger partial charge in [-0.15, -0.1) is 0 Å². The second-order valence-corrected chi connectivity index (χ2v) is 3.06. The Kier molecular flexibility index (Phi) is 3.70. The highest BCUT2D eigenvalue weighted by atomic mass is 19.4. The van der Waals surface area contributed by atoms with E-state index in [9.17, 15) is 18.3 Å². The van der Waals surface area contributed by atoms with E-state index in [0.717, 1.165) is 17.1 Å². The van der Waals surface area contributed by atoms with E-state index in [1.807, 2.05) is 0 Å². The van der Waals surface area contributed by atoms with Crippen molar-refractivity contribution in [1.29, 1.82) is 0 Å². The van der Waals surface area contributed by atoms with E-state index < -0.39 is 17.8 Å². The number of hydrogen-bond donors (Lipinski definition) is 1. The smallest absolute Gasteiger partial charge is 0.389 e. The number of methoxy groups -OCH3 is 1. The minimum atomic E-state index is -4.40. The summed E-state index contributed by atoms with van der Waals surface area (Å²) in [4.78, 5) is 0. The van der Waals surface area contributed by atoms with Crippen LogP contribution in [0.15, 0.2) is 12.4 Å². The molecule has 0 aromatic carbocycles. The Labute approximate surface area is 84.3 Å². The zero-order valence-electron chi connectivity index (χ0n) is 8.03. The molecule has 0 aliphatic heterocycles. The van der Waals surface area contributed by atoms with E-state index in [0.29, 0.717) is 0 Å². The van der Waals surface area contributed by atoms with Crippen LogP contribution in [0.4, 0.5) is 13.2 Å². The van der Waals surface area contributed by atoms with Crippen LogP contribution >= 0.6 is 0 Å². The maximum Gasteiger partial charge on any atom is 0.419 e. The Morgan fingerprint density at radius 1 is 1.60 bits per heavy atom. The molecule has 0 bridgehead atoms. The van der Waals surface area contributed by atoms with Crippen LogP contribution in [0.5, 0.6) is 0 Å². The molecule has 1 unspecified atom stereocenters. The molecular formula is C8H11F3N2O2. The molecule has 1 rings (SSSR count). The third kappa shape index (κ3) is 3.52. The normalized spacial score (nSPS) is 14.2. The highest BCUT2D eigenvalue weighted by Crippen LogP contribution is 2.28. The molecule has 0 saturated heterocycles. The van der Waals surface area contributed by atoms with Crippen molar-refractivity contribution in [3.8, 4) is 0 Å². The predicted molar refractivity (Wildman–Crippen MR) is 45.1 cm³/mol. The van der Waals surface area contributed by atoms with Gasteiger partial charge in [0.05, 0.1) is 31.0 Å². The fraction of sp³-hybridized carbons (Fsp3) is 0.625. The van der Waals surface area contributed by atoms with Crippen LogP contribution in [-0.4, -0.2) is 34.7 Å². The first-order valence-electron chi connectivity index (χ1n) is 4.20. The van der Waals surface area contributed by atoms with Crippen molar-refractivity contribution in [2.45, 2.75) is 18.8 Å². The van der Waals surface area contributed by atoms with Gasteiger partial charge in [0.2, 0.25) is 0 Å². The van der Waals surface area contributed by atoms with Gasteiger partial charge in [0.1, 0.15) is 0 Å². The van der Waals surface area contributed by atoms with Gasteiger partial charge in [0, 0.05) is 13.3 Å². The zero-order valence-corrected chi connectivity index (χ0v) is 8.03. The summed E-state index contributed by atoms with van der Waals surface area (Å²) in [6.07, 6.45) is -3.70. The van der Waals surface area contributed by atoms with Crippen LogP contribution < -0.4 is 0 Å². The molecule has 1 atom stereocenters. The molecular weight excluding hydrogens is 213 g/mol. The van der Waals surface area contributed by atoms with E-state index in [-0.39, 0.29) is 13.2 Å². The van der Waals surface area contributed by atoms with Gasteiger partial charge in [-0.25, -0.2) is 0 Å². The lowest BCUT2D eigenvalue weighted by Gasteiger charge is -2.08. The highest BCUT2D eigenvalue weighted by molar-refractivity contribution is 5.08. The summed E-state index contributed by atoms with van der Waals surface area (Å²) in [6, 6.07) is 0. The summed E-state index contributed by atoms with van der Waals surface area (Å²) in [5.41, 5.74) is -0.827. The summed E-state index contributed by atoms with van der Waals surface area (Å²) in [5, 5.41) is 12.7. The molecule has 1 heterocycles. The maximum atomic E-state index is 12.1. The summed E-state index contributed by atoms with van der Waals surface area (Å²) < 4.78 is 42.1. The SMILES string of the molecule is COCC(O)Cn1cc(C(F)(F)F)cn1. The molecule has 4 nitrogen and oxygen atoms in total. The molecule has 86 valence electrons. The lowest BCUT2D eigenvalue weighted by Crippen LogP contribution is -2.21. The number of aliphatic hydroxyl groups excluding tert-OH is 1. The molecule has 0 fully saturated rings. The first-order chi connectivity index (χ1) is 6.93. The monoisotopic (exact) mass is 224 g/mol. The Bertz CT molecular complexity index is 311. The third-order valence-corrected chi connectivity index (χ3v) is 1.72. The number of nitrogens with zero attached hydrogens (tertiary/aromatic N) is 2. The average molecular weight is 224 g/mol. The van der Waals surface area contributed by atoms with Crippen molar-refractivity contribution >= 4 is 0 Å². The van der Waals surface area contributed by atoms with Gasteiger partial charge >= 0.3 is 6.18 Å². The van der Waals surface area contributed by atoms with Crippen LogP contribution in [0, 0.1) is 0 Å². The van der Waals surface area contributed by atoms with Gasteiger partial charge < -0.3 is 9.84 Å². The second kappa shape index (κ2) is 4.63. The van der Waals surface area contributed by atoms with Gasteiger partial charge in [-0.2, -0.15) is 18.3 Å². The van der Waals surface area contributed by atoms with Crippen LogP contribution in [0.2, 0.25) is 0 Å². The van der Waals surface area contributed by atoms with Gasteiger partial charge in [0.25, 0.3) is 0 Å². The molecule has 0 radical (unpaired) electrons. The van der Waals surface area contributed by atoms with Crippen molar-refractivity contribution in [3.63, 3.8) is 0 Å². The highest BCUT2D eigenvalue weighted by Gasteiger charge is 2.32. The zero-order chi connectivity index (χ0) is 11.5. The van der Waals surface area contributed by atoms with Gasteiger partial charge in [-0.3, -0.25) is 4.68 Å². The molecule has 0 spiro atoms. The third-order valence-electron chi connectivity index (χ3n) is 1.72. The van der Waals surface area contributed by atoms with Crippen LogP contribution in [0.25, 0.3) is 0 Å². The van der Waals surface area contributed by atoms with E-state index in [1.54, 1.807) is 0 Å². The van der Waals surface area contributed by atoms with Crippen LogP contribution in [-0.2, 0) is 17.5 Å². The van der Waals surface area contributed by atoms with Crippen LogP contribution in [0.1, 0.15) is 5.56 Å². The predicted octanol–water partition coefficient (Wildman–Crippen LogP) is 0.909. The van der Waals surface area contributed by atoms with Gasteiger partial charge in [-0.1, -0.05) is 0 Å². The molecule has 0 aliphatic carbocycles. The quantitative estimate of drug-likeness (QED) is 0.826. The van der Waals surface area contributed by atoms with Crippen molar-refractivity contribution in [1.82, 2.24) is 9.78 Å². The fourth-order valence-corrected chi connectivity index (χ4v) is 1.07. The molecule has 1 N–H and O–H groups in total. The maximum absolute atomic E-state index is 12.1. The average Bonchev–Trinajstić information content (AvgIpc) is 2.52. The fourth-order valence-electron chi connectivity index (χ4n) is 1.07. The van der Waals surface area contributed by atoms with Crippen molar-refractivity contribution < 1.29 is 23.0 Å². The van der Waals surface area contributed by atoms with Crippen molar-refractivity contribution in [2.75, 3.05) is 13.7 Å². The van der Waals surface area contributed by atoms with E-state index in [4.69, 9.17) is 0 Å². The topological polar surface area (TPSA) is 47.3 Å². The molecule has 0 saturated carbocycles. The van der Waals surface area contributed by atoms with Gasteiger partial charge in [-0.05, 0) is 0 Å². The summed E-state index contributed by atoms with van der Waals surface area (Å²) in [7, 11) is 1.40. The Morgan fingerprint density at radius 3 is 2.73 bits per heavy atom. The van der Waals surface area contributed by atoms with E-state index in [1.165, 1.54) is 7.11 Å². The number of alkyl halides is 3. The number of aliphatic hydroxyl groups is 1. The Hall–Kier alpha value is -1.08. The lowest BCUT2D eigenvalue weighted by molar-refractivity contribution is -0.137. The minimum absolute atomic E-state index is 0.0239. The Balaban J connectivity index is 2.61. The second-order valence-electron chi connectivity index (χ2n) is 3.06. The number of hydrogen-bond acceptors (Lipinski definition) is 3. The molecule has 0 amide bonds.